The number of hydrogen-bond donors (Lipinski definition) is 0. The van der Waals surface area contributed by atoms with Gasteiger partial charge in [-0.2, -0.15) is 0 Å². The summed E-state index contributed by atoms with van der Waals surface area (Å²) in [7, 11) is 0. The molecule has 1 heterocycles. The lowest BCUT2D eigenvalue weighted by molar-refractivity contribution is -0.0227. The molecular weight excluding hydrogens is 116 g/mol. The van der Waals surface area contributed by atoms with Crippen LogP contribution in [0.5, 0.6) is 0 Å². The molecule has 1 radical (unpaired) electrons. The maximum Gasteiger partial charge on any atom is 0.0619 e. The maximum atomic E-state index is 5.29. The predicted octanol–water partition coefficient (Wildman–Crippen LogP) is 1.02. The van der Waals surface area contributed by atoms with Gasteiger partial charge in [-0.25, -0.2) is 0 Å². The topological polar surface area (TPSA) is 18.5 Å². The number of ether oxygens (including phenoxy) is 2. The third kappa shape index (κ3) is 2.33. The van der Waals surface area contributed by atoms with E-state index in [9.17, 15) is 0 Å². The summed E-state index contributed by atoms with van der Waals surface area (Å²) in [5.74, 6) is 0. The van der Waals surface area contributed by atoms with Crippen molar-refractivity contribution in [3.8, 4) is 0 Å². The summed E-state index contributed by atoms with van der Waals surface area (Å²) >= 11 is 0. The summed E-state index contributed by atoms with van der Waals surface area (Å²) < 4.78 is 10.4. The van der Waals surface area contributed by atoms with E-state index in [0.717, 1.165) is 26.1 Å². The molecule has 1 fully saturated rings. The van der Waals surface area contributed by atoms with Gasteiger partial charge in [0.15, 0.2) is 0 Å². The Hall–Kier alpha value is -0.0800. The van der Waals surface area contributed by atoms with E-state index >= 15 is 0 Å². The van der Waals surface area contributed by atoms with Gasteiger partial charge in [0.25, 0.3) is 0 Å². The molecule has 0 saturated carbocycles. The lowest BCUT2D eigenvalue weighted by atomic mass is 10.2. The van der Waals surface area contributed by atoms with Crippen molar-refractivity contribution < 1.29 is 9.47 Å². The minimum absolute atomic E-state index is 0.413. The molecule has 0 amide bonds. The second kappa shape index (κ2) is 3.85. The fourth-order valence-corrected chi connectivity index (χ4v) is 1.01. The highest BCUT2D eigenvalue weighted by Gasteiger charge is 2.12. The standard InChI is InChI=1S/C7H13O2/c1-2-9-7-3-5-8-6-4-7/h7H,1-6H2. The fourth-order valence-electron chi connectivity index (χ4n) is 1.01. The highest BCUT2D eigenvalue weighted by molar-refractivity contribution is 4.62. The summed E-state index contributed by atoms with van der Waals surface area (Å²) in [5, 5.41) is 0. The molecule has 53 valence electrons. The Kier molecular flexibility index (Phi) is 3.01. The average molecular weight is 129 g/mol. The molecule has 0 spiro atoms. The molecule has 0 aromatic carbocycles. The number of rotatable bonds is 2. The van der Waals surface area contributed by atoms with Crippen LogP contribution in [0, 0.1) is 6.92 Å². The van der Waals surface area contributed by atoms with Gasteiger partial charge in [0.1, 0.15) is 0 Å². The summed E-state index contributed by atoms with van der Waals surface area (Å²) in [5.41, 5.74) is 0. The van der Waals surface area contributed by atoms with E-state index in [2.05, 4.69) is 6.92 Å². The Morgan fingerprint density at radius 3 is 2.67 bits per heavy atom. The van der Waals surface area contributed by atoms with Gasteiger partial charge in [0.05, 0.1) is 6.10 Å². The van der Waals surface area contributed by atoms with Gasteiger partial charge in [-0.15, -0.1) is 0 Å². The highest BCUT2D eigenvalue weighted by Crippen LogP contribution is 2.09. The van der Waals surface area contributed by atoms with E-state index in [1.165, 1.54) is 0 Å². The first-order valence-corrected chi connectivity index (χ1v) is 3.42. The SMILES string of the molecule is [CH2]COC1CCOCC1. The van der Waals surface area contributed by atoms with Gasteiger partial charge < -0.3 is 9.47 Å². The van der Waals surface area contributed by atoms with Crippen molar-refractivity contribution in [2.75, 3.05) is 19.8 Å². The molecule has 0 aromatic heterocycles. The van der Waals surface area contributed by atoms with E-state index < -0.39 is 0 Å². The van der Waals surface area contributed by atoms with Crippen molar-refractivity contribution in [3.05, 3.63) is 6.92 Å². The van der Waals surface area contributed by atoms with Crippen LogP contribution in [0.25, 0.3) is 0 Å². The second-order valence-electron chi connectivity index (χ2n) is 2.18. The Bertz CT molecular complexity index is 64.6. The van der Waals surface area contributed by atoms with Crippen molar-refractivity contribution in [2.45, 2.75) is 18.9 Å². The zero-order valence-electron chi connectivity index (χ0n) is 5.64. The normalized spacial score (nSPS) is 22.3. The molecule has 1 rings (SSSR count). The Morgan fingerprint density at radius 2 is 2.11 bits per heavy atom. The molecule has 2 heteroatoms. The summed E-state index contributed by atoms with van der Waals surface area (Å²) in [6, 6.07) is 0. The summed E-state index contributed by atoms with van der Waals surface area (Å²) in [4.78, 5) is 0. The molecule has 1 aliphatic heterocycles. The van der Waals surface area contributed by atoms with Crippen molar-refractivity contribution in [1.82, 2.24) is 0 Å². The van der Waals surface area contributed by atoms with Gasteiger partial charge in [0, 0.05) is 19.8 Å². The van der Waals surface area contributed by atoms with Gasteiger partial charge in [0.2, 0.25) is 0 Å². The fraction of sp³-hybridized carbons (Fsp3) is 0.857. The molecule has 0 bridgehead atoms. The average Bonchev–Trinajstić information content (AvgIpc) is 1.91. The Balaban J connectivity index is 2.08. The van der Waals surface area contributed by atoms with Crippen LogP contribution in [-0.4, -0.2) is 25.9 Å². The highest BCUT2D eigenvalue weighted by atomic mass is 16.5. The number of hydrogen-bond acceptors (Lipinski definition) is 2. The second-order valence-corrected chi connectivity index (χ2v) is 2.18. The Labute approximate surface area is 56.2 Å². The van der Waals surface area contributed by atoms with Gasteiger partial charge in [-0.05, 0) is 19.8 Å². The van der Waals surface area contributed by atoms with E-state index in [1.807, 2.05) is 0 Å². The van der Waals surface area contributed by atoms with Crippen molar-refractivity contribution in [1.29, 1.82) is 0 Å². The zero-order chi connectivity index (χ0) is 6.53. The monoisotopic (exact) mass is 129 g/mol. The van der Waals surface area contributed by atoms with Crippen LogP contribution in [0.2, 0.25) is 0 Å². The van der Waals surface area contributed by atoms with Crippen LogP contribution >= 0.6 is 0 Å². The molecule has 0 aromatic rings. The molecular formula is C7H13O2. The largest absolute Gasteiger partial charge is 0.381 e. The van der Waals surface area contributed by atoms with Crippen LogP contribution in [-0.2, 0) is 9.47 Å². The van der Waals surface area contributed by atoms with Crippen molar-refractivity contribution in [3.63, 3.8) is 0 Å². The first kappa shape index (κ1) is 7.03. The lowest BCUT2D eigenvalue weighted by Crippen LogP contribution is -2.23. The van der Waals surface area contributed by atoms with Crippen LogP contribution in [0.1, 0.15) is 12.8 Å². The molecule has 1 aliphatic rings. The van der Waals surface area contributed by atoms with E-state index in [1.54, 1.807) is 0 Å². The third-order valence-electron chi connectivity index (χ3n) is 1.52. The quantitative estimate of drug-likeness (QED) is 0.554. The molecule has 0 unspecified atom stereocenters. The van der Waals surface area contributed by atoms with Crippen LogP contribution in [0.4, 0.5) is 0 Å². The molecule has 0 N–H and O–H groups in total. The first-order valence-electron chi connectivity index (χ1n) is 3.42. The molecule has 0 atom stereocenters. The van der Waals surface area contributed by atoms with E-state index in [4.69, 9.17) is 9.47 Å². The van der Waals surface area contributed by atoms with E-state index in [0.29, 0.717) is 12.7 Å². The molecule has 9 heavy (non-hydrogen) atoms. The third-order valence-corrected chi connectivity index (χ3v) is 1.52. The molecule has 1 saturated heterocycles. The smallest absolute Gasteiger partial charge is 0.0619 e. The van der Waals surface area contributed by atoms with Crippen molar-refractivity contribution >= 4 is 0 Å². The minimum Gasteiger partial charge on any atom is -0.381 e. The molecule has 0 aliphatic carbocycles. The van der Waals surface area contributed by atoms with Gasteiger partial charge in [-0.1, -0.05) is 0 Å². The first-order chi connectivity index (χ1) is 4.43. The van der Waals surface area contributed by atoms with Crippen molar-refractivity contribution in [2.24, 2.45) is 0 Å². The molecule has 2 nitrogen and oxygen atoms in total. The maximum absolute atomic E-state index is 5.29. The van der Waals surface area contributed by atoms with Gasteiger partial charge >= 0.3 is 0 Å². The summed E-state index contributed by atoms with van der Waals surface area (Å²) in [6.45, 7) is 5.91. The van der Waals surface area contributed by atoms with Crippen LogP contribution < -0.4 is 0 Å². The Morgan fingerprint density at radius 1 is 1.44 bits per heavy atom. The van der Waals surface area contributed by atoms with Gasteiger partial charge in [-0.3, -0.25) is 0 Å². The zero-order valence-corrected chi connectivity index (χ0v) is 5.64. The summed E-state index contributed by atoms with van der Waals surface area (Å²) in [6.07, 6.45) is 2.49. The van der Waals surface area contributed by atoms with Crippen LogP contribution in [0.3, 0.4) is 0 Å². The minimum atomic E-state index is 0.413. The van der Waals surface area contributed by atoms with Crippen LogP contribution in [0.15, 0.2) is 0 Å². The van der Waals surface area contributed by atoms with E-state index in [-0.39, 0.29) is 0 Å². The lowest BCUT2D eigenvalue weighted by Gasteiger charge is -2.21. The predicted molar refractivity (Wildman–Crippen MR) is 35.1 cm³/mol.